The van der Waals surface area contributed by atoms with Crippen molar-refractivity contribution in [1.82, 2.24) is 10.6 Å². The van der Waals surface area contributed by atoms with Gasteiger partial charge in [0.1, 0.15) is 0 Å². The zero-order chi connectivity index (χ0) is 13.1. The minimum absolute atomic E-state index is 0.418. The summed E-state index contributed by atoms with van der Waals surface area (Å²) in [6, 6.07) is 20.0. The van der Waals surface area contributed by atoms with E-state index in [0.29, 0.717) is 12.0 Å². The van der Waals surface area contributed by atoms with Crippen LogP contribution in [-0.4, -0.2) is 20.1 Å². The Morgan fingerprint density at radius 1 is 1.00 bits per heavy atom. The maximum absolute atomic E-state index is 3.66. The van der Waals surface area contributed by atoms with Gasteiger partial charge in [-0.05, 0) is 23.7 Å². The number of fused-ring (bicyclic) bond motifs is 1. The summed E-state index contributed by atoms with van der Waals surface area (Å²) in [4.78, 5) is 0. The second-order valence-electron chi connectivity index (χ2n) is 5.11. The first-order valence-corrected chi connectivity index (χ1v) is 6.92. The summed E-state index contributed by atoms with van der Waals surface area (Å²) in [6.45, 7) is 1.98. The third kappa shape index (κ3) is 2.42. The third-order valence-electron chi connectivity index (χ3n) is 3.93. The number of hydrogen-bond acceptors (Lipinski definition) is 2. The van der Waals surface area contributed by atoms with E-state index in [9.17, 15) is 0 Å². The Bertz CT molecular complexity index is 536. The van der Waals surface area contributed by atoms with E-state index in [1.165, 1.54) is 16.7 Å². The molecule has 0 saturated carbocycles. The first-order chi connectivity index (χ1) is 9.40. The Labute approximate surface area is 114 Å². The average molecular weight is 252 g/mol. The third-order valence-corrected chi connectivity index (χ3v) is 3.93. The molecule has 0 saturated heterocycles. The van der Waals surface area contributed by atoms with Gasteiger partial charge in [0.15, 0.2) is 0 Å². The van der Waals surface area contributed by atoms with Crippen molar-refractivity contribution in [1.29, 1.82) is 0 Å². The maximum Gasteiger partial charge on any atom is 0.0449 e. The van der Waals surface area contributed by atoms with Crippen molar-refractivity contribution in [3.63, 3.8) is 0 Å². The molecule has 0 radical (unpaired) electrons. The van der Waals surface area contributed by atoms with Crippen LogP contribution in [0.15, 0.2) is 54.6 Å². The number of hydrogen-bond donors (Lipinski definition) is 2. The van der Waals surface area contributed by atoms with Crippen LogP contribution in [0.1, 0.15) is 28.7 Å². The quantitative estimate of drug-likeness (QED) is 0.877. The molecule has 0 amide bonds. The lowest BCUT2D eigenvalue weighted by Crippen LogP contribution is -2.38. The summed E-state index contributed by atoms with van der Waals surface area (Å²) in [5.41, 5.74) is 4.29. The highest BCUT2D eigenvalue weighted by Crippen LogP contribution is 2.33. The van der Waals surface area contributed by atoms with Crippen LogP contribution in [0.25, 0.3) is 0 Å². The van der Waals surface area contributed by atoms with Crippen molar-refractivity contribution in [2.75, 3.05) is 20.1 Å². The molecule has 0 unspecified atom stereocenters. The van der Waals surface area contributed by atoms with Crippen LogP contribution in [-0.2, 0) is 0 Å². The molecule has 19 heavy (non-hydrogen) atoms. The molecule has 2 aromatic rings. The van der Waals surface area contributed by atoms with Gasteiger partial charge < -0.3 is 10.6 Å². The zero-order valence-electron chi connectivity index (χ0n) is 11.3. The molecule has 1 heterocycles. The first kappa shape index (κ1) is 12.4. The van der Waals surface area contributed by atoms with E-state index >= 15 is 0 Å². The molecule has 0 bridgehead atoms. The van der Waals surface area contributed by atoms with Crippen molar-refractivity contribution in [2.24, 2.45) is 0 Å². The Balaban J connectivity index is 1.99. The molecular formula is C17H20N2. The van der Waals surface area contributed by atoms with Gasteiger partial charge in [0, 0.05) is 25.0 Å². The topological polar surface area (TPSA) is 24.1 Å². The Morgan fingerprint density at radius 3 is 2.42 bits per heavy atom. The van der Waals surface area contributed by atoms with Gasteiger partial charge in [-0.25, -0.2) is 0 Å². The summed E-state index contributed by atoms with van der Waals surface area (Å²) in [5, 5.41) is 6.93. The number of rotatable bonds is 3. The molecule has 0 aliphatic carbocycles. The fourth-order valence-corrected chi connectivity index (χ4v) is 2.99. The van der Waals surface area contributed by atoms with Crippen LogP contribution in [0.3, 0.4) is 0 Å². The van der Waals surface area contributed by atoms with E-state index in [4.69, 9.17) is 0 Å². The lowest BCUT2D eigenvalue weighted by atomic mass is 9.82. The molecule has 2 nitrogen and oxygen atoms in total. The summed E-state index contributed by atoms with van der Waals surface area (Å²) < 4.78 is 0. The fraction of sp³-hybridized carbons (Fsp3) is 0.294. The fourth-order valence-electron chi connectivity index (χ4n) is 2.99. The van der Waals surface area contributed by atoms with Crippen LogP contribution in [0.2, 0.25) is 0 Å². The predicted molar refractivity (Wildman–Crippen MR) is 79.4 cm³/mol. The van der Waals surface area contributed by atoms with Gasteiger partial charge in [0.2, 0.25) is 0 Å². The molecule has 2 atom stereocenters. The van der Waals surface area contributed by atoms with Gasteiger partial charge in [0.05, 0.1) is 0 Å². The SMILES string of the molecule is CNC[C@H]1NC[C@@H](c2ccccc2)c2ccccc21. The normalized spacial score (nSPS) is 21.9. The highest BCUT2D eigenvalue weighted by atomic mass is 15.0. The zero-order valence-corrected chi connectivity index (χ0v) is 11.3. The summed E-state index contributed by atoms with van der Waals surface area (Å²) in [7, 11) is 2.01. The number of likely N-dealkylation sites (N-methyl/N-ethyl adjacent to an activating group) is 1. The number of benzene rings is 2. The average Bonchev–Trinajstić information content (AvgIpc) is 2.49. The van der Waals surface area contributed by atoms with Gasteiger partial charge in [-0.3, -0.25) is 0 Å². The molecule has 3 rings (SSSR count). The van der Waals surface area contributed by atoms with Crippen molar-refractivity contribution in [3.05, 3.63) is 71.3 Å². The highest BCUT2D eigenvalue weighted by Gasteiger charge is 2.26. The molecule has 2 N–H and O–H groups in total. The minimum atomic E-state index is 0.418. The lowest BCUT2D eigenvalue weighted by molar-refractivity contribution is 0.463. The van der Waals surface area contributed by atoms with Gasteiger partial charge in [-0.15, -0.1) is 0 Å². The van der Waals surface area contributed by atoms with Gasteiger partial charge in [-0.1, -0.05) is 54.6 Å². The molecule has 0 spiro atoms. The van der Waals surface area contributed by atoms with Crippen molar-refractivity contribution >= 4 is 0 Å². The van der Waals surface area contributed by atoms with Gasteiger partial charge in [0.25, 0.3) is 0 Å². The van der Waals surface area contributed by atoms with Gasteiger partial charge in [-0.2, -0.15) is 0 Å². The molecular weight excluding hydrogens is 232 g/mol. The van der Waals surface area contributed by atoms with Gasteiger partial charge >= 0.3 is 0 Å². The monoisotopic (exact) mass is 252 g/mol. The molecule has 1 aliphatic heterocycles. The van der Waals surface area contributed by atoms with Crippen molar-refractivity contribution in [2.45, 2.75) is 12.0 Å². The molecule has 2 aromatic carbocycles. The summed E-state index contributed by atoms with van der Waals surface area (Å²) in [6.07, 6.45) is 0. The molecule has 98 valence electrons. The Hall–Kier alpha value is -1.64. The van der Waals surface area contributed by atoms with E-state index in [0.717, 1.165) is 13.1 Å². The minimum Gasteiger partial charge on any atom is -0.318 e. The van der Waals surface area contributed by atoms with Crippen molar-refractivity contribution < 1.29 is 0 Å². The van der Waals surface area contributed by atoms with E-state index in [2.05, 4.69) is 65.2 Å². The molecule has 0 aromatic heterocycles. The maximum atomic E-state index is 3.66. The lowest BCUT2D eigenvalue weighted by Gasteiger charge is -2.33. The second-order valence-corrected chi connectivity index (χ2v) is 5.11. The molecule has 1 aliphatic rings. The van der Waals surface area contributed by atoms with Crippen LogP contribution in [0, 0.1) is 0 Å². The second kappa shape index (κ2) is 5.55. The van der Waals surface area contributed by atoms with Crippen molar-refractivity contribution in [3.8, 4) is 0 Å². The summed E-state index contributed by atoms with van der Waals surface area (Å²) in [5.74, 6) is 0.463. The molecule has 0 fully saturated rings. The largest absolute Gasteiger partial charge is 0.318 e. The first-order valence-electron chi connectivity index (χ1n) is 6.92. The highest BCUT2D eigenvalue weighted by molar-refractivity contribution is 5.42. The summed E-state index contributed by atoms with van der Waals surface area (Å²) >= 11 is 0. The van der Waals surface area contributed by atoms with E-state index in [1.54, 1.807) is 0 Å². The van der Waals surface area contributed by atoms with Crippen LogP contribution in [0.5, 0.6) is 0 Å². The number of nitrogens with one attached hydrogen (secondary N) is 2. The van der Waals surface area contributed by atoms with E-state index in [-0.39, 0.29) is 0 Å². The van der Waals surface area contributed by atoms with E-state index in [1.807, 2.05) is 7.05 Å². The smallest absolute Gasteiger partial charge is 0.0449 e. The molecule has 2 heteroatoms. The van der Waals surface area contributed by atoms with Crippen LogP contribution >= 0.6 is 0 Å². The van der Waals surface area contributed by atoms with E-state index < -0.39 is 0 Å². The predicted octanol–water partition coefficient (Wildman–Crippen LogP) is 2.68. The Kier molecular flexibility index (Phi) is 3.62. The van der Waals surface area contributed by atoms with Crippen LogP contribution in [0.4, 0.5) is 0 Å². The Morgan fingerprint density at radius 2 is 1.68 bits per heavy atom. The standard InChI is InChI=1S/C17H20N2/c1-18-12-17-15-10-6-5-9-14(15)16(11-19-17)13-7-3-2-4-8-13/h2-10,16-19H,11-12H2,1H3/t16-,17+/m0/s1. The van der Waals surface area contributed by atoms with Crippen LogP contribution < -0.4 is 10.6 Å².